The highest BCUT2D eigenvalue weighted by Gasteiger charge is 2.59. The number of rotatable bonds is 3. The number of piperidine rings is 1. The summed E-state index contributed by atoms with van der Waals surface area (Å²) in [4.78, 5) is 23.2. The molecule has 34 heavy (non-hydrogen) atoms. The normalized spacial score (nSPS) is 35.0. The number of amides is 1. The Kier molecular flexibility index (Phi) is 5.12. The molecule has 2 aromatic rings. The first-order chi connectivity index (χ1) is 16.3. The largest absolute Gasteiger partial charge is 0.355 e. The SMILES string of the molecule is Cc1cn2nc([C@@H]3CCCCN3C(=O)C3CC(C)C#CC4CC43N)cc2nc1N1CC[C@H](N)C1. The molecule has 4 heterocycles. The monoisotopic (exact) mass is 461 g/mol. The van der Waals surface area contributed by atoms with Gasteiger partial charge in [0.05, 0.1) is 17.7 Å². The van der Waals surface area contributed by atoms with Crippen LogP contribution in [0.25, 0.3) is 5.65 Å². The van der Waals surface area contributed by atoms with Crippen LogP contribution in [0.2, 0.25) is 0 Å². The number of nitrogens with zero attached hydrogens (tertiary/aromatic N) is 5. The van der Waals surface area contributed by atoms with Crippen LogP contribution in [0.5, 0.6) is 0 Å². The van der Waals surface area contributed by atoms with Crippen molar-refractivity contribution in [3.8, 4) is 11.8 Å². The molecule has 0 aromatic carbocycles. The topological polar surface area (TPSA) is 106 Å². The van der Waals surface area contributed by atoms with E-state index in [1.54, 1.807) is 0 Å². The van der Waals surface area contributed by atoms with Gasteiger partial charge in [0.25, 0.3) is 0 Å². The maximum absolute atomic E-state index is 13.9. The molecule has 6 atom stereocenters. The highest BCUT2D eigenvalue weighted by atomic mass is 16.2. The van der Waals surface area contributed by atoms with Crippen LogP contribution in [-0.4, -0.2) is 56.6 Å². The molecule has 3 fully saturated rings. The van der Waals surface area contributed by atoms with E-state index in [1.807, 2.05) is 10.7 Å². The van der Waals surface area contributed by atoms with Crippen molar-refractivity contribution in [1.29, 1.82) is 0 Å². The van der Waals surface area contributed by atoms with Gasteiger partial charge in [0.15, 0.2) is 5.65 Å². The van der Waals surface area contributed by atoms with Crippen molar-refractivity contribution >= 4 is 17.4 Å². The van der Waals surface area contributed by atoms with E-state index >= 15 is 0 Å². The Morgan fingerprint density at radius 2 is 2.09 bits per heavy atom. The Morgan fingerprint density at radius 3 is 2.88 bits per heavy atom. The lowest BCUT2D eigenvalue weighted by Gasteiger charge is -2.38. The van der Waals surface area contributed by atoms with Gasteiger partial charge < -0.3 is 21.3 Å². The van der Waals surface area contributed by atoms with Crippen molar-refractivity contribution in [2.45, 2.75) is 70.0 Å². The van der Waals surface area contributed by atoms with Crippen molar-refractivity contribution in [3.05, 3.63) is 23.5 Å². The summed E-state index contributed by atoms with van der Waals surface area (Å²) in [6, 6.07) is 2.23. The van der Waals surface area contributed by atoms with E-state index in [-0.39, 0.29) is 35.7 Å². The average Bonchev–Trinajstić information content (AvgIpc) is 3.12. The van der Waals surface area contributed by atoms with E-state index in [9.17, 15) is 4.79 Å². The van der Waals surface area contributed by atoms with Gasteiger partial charge in [-0.1, -0.05) is 18.8 Å². The predicted octanol–water partition coefficient (Wildman–Crippen LogP) is 2.01. The van der Waals surface area contributed by atoms with Crippen molar-refractivity contribution in [2.24, 2.45) is 29.2 Å². The Bertz CT molecular complexity index is 1190. The fourth-order valence-electron chi connectivity index (χ4n) is 6.26. The minimum atomic E-state index is -0.458. The van der Waals surface area contributed by atoms with E-state index in [1.165, 1.54) is 0 Å². The number of aryl methyl sites for hydroxylation is 1. The maximum Gasteiger partial charge on any atom is 0.228 e. The molecule has 8 heteroatoms. The number of anilines is 1. The summed E-state index contributed by atoms with van der Waals surface area (Å²) >= 11 is 0. The average molecular weight is 462 g/mol. The minimum Gasteiger partial charge on any atom is -0.355 e. The van der Waals surface area contributed by atoms with Gasteiger partial charge in [0.2, 0.25) is 5.91 Å². The van der Waals surface area contributed by atoms with E-state index in [0.717, 1.165) is 80.9 Å². The smallest absolute Gasteiger partial charge is 0.228 e. The molecule has 4 unspecified atom stereocenters. The molecule has 0 bridgehead atoms. The molecule has 2 aliphatic heterocycles. The fraction of sp³-hybridized carbons (Fsp3) is 0.654. The molecule has 1 saturated carbocycles. The van der Waals surface area contributed by atoms with E-state index in [4.69, 9.17) is 21.5 Å². The highest BCUT2D eigenvalue weighted by molar-refractivity contribution is 5.82. The standard InChI is InChI=1S/C26H35N7O/c1-16-6-7-18-13-26(18,28)20(11-16)25(34)32-9-4-3-5-22(32)21-12-23-29-24(17(2)14-33(23)30-21)31-10-8-19(27)15-31/h12,14,16,18-20,22H,3-5,8-11,13,15,27-28H2,1-2H3/t16?,18?,19-,20?,22-,26?/m0/s1. The lowest BCUT2D eigenvalue weighted by molar-refractivity contribution is -0.141. The number of hydrogen-bond acceptors (Lipinski definition) is 6. The van der Waals surface area contributed by atoms with Gasteiger partial charge in [-0.2, -0.15) is 5.10 Å². The summed E-state index contributed by atoms with van der Waals surface area (Å²) in [5.74, 6) is 7.97. The number of likely N-dealkylation sites (tertiary alicyclic amines) is 1. The van der Waals surface area contributed by atoms with Crippen LogP contribution >= 0.6 is 0 Å². The van der Waals surface area contributed by atoms with Gasteiger partial charge in [-0.15, -0.1) is 0 Å². The third kappa shape index (κ3) is 3.57. The van der Waals surface area contributed by atoms with Crippen molar-refractivity contribution in [1.82, 2.24) is 19.5 Å². The van der Waals surface area contributed by atoms with Crippen molar-refractivity contribution in [2.75, 3.05) is 24.5 Å². The van der Waals surface area contributed by atoms with Gasteiger partial charge in [0, 0.05) is 60.9 Å². The summed E-state index contributed by atoms with van der Waals surface area (Å²) in [7, 11) is 0. The zero-order valence-corrected chi connectivity index (χ0v) is 20.2. The zero-order valence-electron chi connectivity index (χ0n) is 20.2. The van der Waals surface area contributed by atoms with Crippen LogP contribution in [0.1, 0.15) is 62.7 Å². The number of nitrogens with two attached hydrogens (primary N) is 2. The van der Waals surface area contributed by atoms with Crippen LogP contribution in [0.4, 0.5) is 5.82 Å². The summed E-state index contributed by atoms with van der Waals surface area (Å²) in [6.07, 6.45) is 7.65. The van der Waals surface area contributed by atoms with Crippen molar-refractivity contribution < 1.29 is 4.79 Å². The molecule has 6 rings (SSSR count). The van der Waals surface area contributed by atoms with Crippen LogP contribution in [-0.2, 0) is 4.79 Å². The molecule has 1 amide bonds. The molecule has 180 valence electrons. The van der Waals surface area contributed by atoms with Crippen LogP contribution in [0, 0.1) is 36.5 Å². The van der Waals surface area contributed by atoms with Gasteiger partial charge in [-0.25, -0.2) is 9.50 Å². The molecular weight excluding hydrogens is 426 g/mol. The minimum absolute atomic E-state index is 0.0350. The highest BCUT2D eigenvalue weighted by Crippen LogP contribution is 2.51. The molecule has 0 radical (unpaired) electrons. The first-order valence-corrected chi connectivity index (χ1v) is 12.8. The first-order valence-electron chi connectivity index (χ1n) is 12.8. The van der Waals surface area contributed by atoms with Crippen molar-refractivity contribution in [3.63, 3.8) is 0 Å². The maximum atomic E-state index is 13.9. The summed E-state index contributed by atoms with van der Waals surface area (Å²) in [6.45, 7) is 6.71. The summed E-state index contributed by atoms with van der Waals surface area (Å²) < 4.78 is 1.87. The number of fused-ring (bicyclic) bond motifs is 2. The van der Waals surface area contributed by atoms with Gasteiger partial charge in [-0.05, 0) is 45.4 Å². The zero-order chi connectivity index (χ0) is 23.6. The number of carbonyl (C=O) groups excluding carboxylic acids is 1. The molecule has 2 aliphatic carbocycles. The van der Waals surface area contributed by atoms with Crippen LogP contribution in [0.15, 0.2) is 12.3 Å². The molecular formula is C26H35N7O. The third-order valence-electron chi connectivity index (χ3n) is 8.36. The van der Waals surface area contributed by atoms with Crippen LogP contribution < -0.4 is 16.4 Å². The second-order valence-corrected chi connectivity index (χ2v) is 11.0. The summed E-state index contributed by atoms with van der Waals surface area (Å²) in [5, 5.41) is 4.90. The molecule has 8 nitrogen and oxygen atoms in total. The number of carbonyl (C=O) groups is 1. The number of hydrogen-bond donors (Lipinski definition) is 2. The quantitative estimate of drug-likeness (QED) is 0.678. The molecule has 4 N–H and O–H groups in total. The van der Waals surface area contributed by atoms with Gasteiger partial charge >= 0.3 is 0 Å². The molecule has 4 aliphatic rings. The summed E-state index contributed by atoms with van der Waals surface area (Å²) in [5.41, 5.74) is 15.2. The molecule has 2 aromatic heterocycles. The lowest BCUT2D eigenvalue weighted by Crippen LogP contribution is -2.49. The number of aromatic nitrogens is 3. The lowest BCUT2D eigenvalue weighted by atomic mass is 9.86. The van der Waals surface area contributed by atoms with Crippen LogP contribution in [0.3, 0.4) is 0 Å². The predicted molar refractivity (Wildman–Crippen MR) is 131 cm³/mol. The first kappa shape index (κ1) is 21.9. The van der Waals surface area contributed by atoms with Gasteiger partial charge in [0.1, 0.15) is 5.82 Å². The third-order valence-corrected chi connectivity index (χ3v) is 8.36. The molecule has 2 saturated heterocycles. The fourth-order valence-corrected chi connectivity index (χ4v) is 6.26. The second-order valence-electron chi connectivity index (χ2n) is 11.0. The Balaban J connectivity index is 1.30. The second kappa shape index (κ2) is 7.96. The Hall–Kier alpha value is -2.63. The Labute approximate surface area is 201 Å². The van der Waals surface area contributed by atoms with E-state index < -0.39 is 5.54 Å². The van der Waals surface area contributed by atoms with Gasteiger partial charge in [-0.3, -0.25) is 4.79 Å². The van der Waals surface area contributed by atoms with E-state index in [0.29, 0.717) is 0 Å². The molecule has 0 spiro atoms. The van der Waals surface area contributed by atoms with E-state index in [2.05, 4.69) is 41.6 Å². The Morgan fingerprint density at radius 1 is 1.24 bits per heavy atom.